The summed E-state index contributed by atoms with van der Waals surface area (Å²) >= 11 is 6.28. The normalized spacial score (nSPS) is 29.5. The van der Waals surface area contributed by atoms with Gasteiger partial charge in [0.15, 0.2) is 0 Å². The molecule has 0 aliphatic carbocycles. The van der Waals surface area contributed by atoms with Crippen LogP contribution in [0.4, 0.5) is 10.1 Å². The number of nitrogens with zero attached hydrogens (tertiary/aromatic N) is 1. The maximum atomic E-state index is 13.6. The maximum Gasteiger partial charge on any atom is 0.250 e. The monoisotopic (exact) mass is 457 g/mol. The molecule has 32 heavy (non-hydrogen) atoms. The Labute approximate surface area is 188 Å². The van der Waals surface area contributed by atoms with E-state index in [0.29, 0.717) is 21.8 Å². The van der Waals surface area contributed by atoms with Crippen molar-refractivity contribution in [3.05, 3.63) is 63.9 Å². The number of halogens is 2. The Hall–Kier alpha value is -2.81. The maximum absolute atomic E-state index is 13.6. The number of carbonyl (C=O) groups excluding carboxylic acids is 3. The number of hydrogen-bond acceptors (Lipinski definition) is 5. The van der Waals surface area contributed by atoms with E-state index in [1.54, 1.807) is 19.1 Å². The van der Waals surface area contributed by atoms with E-state index in [1.807, 2.05) is 0 Å². The van der Waals surface area contributed by atoms with Crippen LogP contribution in [0.3, 0.4) is 0 Å². The third-order valence-electron chi connectivity index (χ3n) is 6.79. The SMILES string of the molecule is Cc1cc(Cl)cc2c1NC(=O)[C@]21N[C@H]([C@H](C)O)[C@H]2C(=O)N(Cc3ccc(F)cc3)C(=O)[C@H]21. The van der Waals surface area contributed by atoms with E-state index in [0.717, 1.165) is 10.5 Å². The number of benzene rings is 2. The molecule has 3 heterocycles. The highest BCUT2D eigenvalue weighted by atomic mass is 35.5. The minimum absolute atomic E-state index is 0.0450. The van der Waals surface area contributed by atoms with Crippen LogP contribution in [0.25, 0.3) is 0 Å². The lowest BCUT2D eigenvalue weighted by molar-refractivity contribution is -0.143. The molecule has 0 aromatic heterocycles. The third kappa shape index (κ3) is 2.76. The van der Waals surface area contributed by atoms with Gasteiger partial charge in [-0.1, -0.05) is 23.7 Å². The van der Waals surface area contributed by atoms with Crippen molar-refractivity contribution in [3.8, 4) is 0 Å². The van der Waals surface area contributed by atoms with Crippen molar-refractivity contribution >= 4 is 35.0 Å². The molecule has 5 rings (SSSR count). The number of carbonyl (C=O) groups is 3. The van der Waals surface area contributed by atoms with Crippen LogP contribution in [0.15, 0.2) is 36.4 Å². The molecule has 0 bridgehead atoms. The van der Waals surface area contributed by atoms with E-state index in [9.17, 15) is 23.9 Å². The molecule has 2 fully saturated rings. The molecule has 2 saturated heterocycles. The zero-order chi connectivity index (χ0) is 22.9. The number of nitrogens with one attached hydrogen (secondary N) is 2. The Morgan fingerprint density at radius 3 is 2.53 bits per heavy atom. The highest BCUT2D eigenvalue weighted by molar-refractivity contribution is 6.31. The van der Waals surface area contributed by atoms with Crippen LogP contribution >= 0.6 is 11.6 Å². The Kier molecular flexibility index (Phi) is 4.67. The van der Waals surface area contributed by atoms with Gasteiger partial charge >= 0.3 is 0 Å². The lowest BCUT2D eigenvalue weighted by Gasteiger charge is -2.30. The molecule has 0 saturated carbocycles. The summed E-state index contributed by atoms with van der Waals surface area (Å²) in [7, 11) is 0. The Morgan fingerprint density at radius 1 is 1.19 bits per heavy atom. The Morgan fingerprint density at radius 2 is 1.88 bits per heavy atom. The van der Waals surface area contributed by atoms with Crippen LogP contribution in [-0.4, -0.2) is 39.9 Å². The van der Waals surface area contributed by atoms with Crippen molar-refractivity contribution in [1.29, 1.82) is 0 Å². The predicted octanol–water partition coefficient (Wildman–Crippen LogP) is 2.09. The van der Waals surface area contributed by atoms with Crippen molar-refractivity contribution in [1.82, 2.24) is 10.2 Å². The van der Waals surface area contributed by atoms with Gasteiger partial charge in [0.25, 0.3) is 0 Å². The van der Waals surface area contributed by atoms with Crippen molar-refractivity contribution in [2.75, 3.05) is 5.32 Å². The number of likely N-dealkylation sites (tertiary alicyclic amines) is 1. The van der Waals surface area contributed by atoms with E-state index in [1.165, 1.54) is 31.2 Å². The zero-order valence-electron chi connectivity index (χ0n) is 17.4. The summed E-state index contributed by atoms with van der Waals surface area (Å²) in [5, 5.41) is 16.8. The summed E-state index contributed by atoms with van der Waals surface area (Å²) in [6, 6.07) is 8.04. The van der Waals surface area contributed by atoms with Gasteiger partial charge in [0, 0.05) is 22.3 Å². The average Bonchev–Trinajstić information content (AvgIpc) is 3.32. The van der Waals surface area contributed by atoms with Gasteiger partial charge in [0.2, 0.25) is 17.7 Å². The summed E-state index contributed by atoms with van der Waals surface area (Å²) in [4.78, 5) is 41.5. The summed E-state index contributed by atoms with van der Waals surface area (Å²) < 4.78 is 13.3. The second-order valence-electron chi connectivity index (χ2n) is 8.71. The van der Waals surface area contributed by atoms with Crippen LogP contribution in [0.1, 0.15) is 23.6 Å². The molecule has 2 aromatic carbocycles. The standard InChI is InChI=1S/C23H21ClFN3O4/c1-10-7-13(24)8-15-18(10)26-22(32)23(15)17-16(19(27-23)11(2)29)20(30)28(21(17)31)9-12-3-5-14(25)6-4-12/h3-8,11,16-17,19,27,29H,9H2,1-2H3,(H,26,32)/t11-,16-,17-,19+,23-/m0/s1. The van der Waals surface area contributed by atoms with Gasteiger partial charge in [-0.05, 0) is 49.2 Å². The molecular formula is C23H21ClFN3O4. The molecular weight excluding hydrogens is 437 g/mol. The van der Waals surface area contributed by atoms with Gasteiger partial charge in [-0.3, -0.25) is 24.6 Å². The molecule has 3 aliphatic heterocycles. The first-order valence-electron chi connectivity index (χ1n) is 10.3. The first-order chi connectivity index (χ1) is 15.1. The first-order valence-corrected chi connectivity index (χ1v) is 10.7. The third-order valence-corrected chi connectivity index (χ3v) is 7.00. The van der Waals surface area contributed by atoms with Crippen LogP contribution in [-0.2, 0) is 26.5 Å². The molecule has 3 amide bonds. The van der Waals surface area contributed by atoms with Gasteiger partial charge < -0.3 is 10.4 Å². The second-order valence-corrected chi connectivity index (χ2v) is 9.15. The van der Waals surface area contributed by atoms with Crippen LogP contribution in [0.5, 0.6) is 0 Å². The van der Waals surface area contributed by atoms with Crippen molar-refractivity contribution in [3.63, 3.8) is 0 Å². The molecule has 1 spiro atoms. The Bertz CT molecular complexity index is 1170. The largest absolute Gasteiger partial charge is 0.392 e. The number of imide groups is 1. The molecule has 7 nitrogen and oxygen atoms in total. The molecule has 5 atom stereocenters. The summed E-state index contributed by atoms with van der Waals surface area (Å²) in [5.41, 5.74) is 0.835. The summed E-state index contributed by atoms with van der Waals surface area (Å²) in [6.45, 7) is 3.27. The number of anilines is 1. The van der Waals surface area contributed by atoms with Gasteiger partial charge in [-0.15, -0.1) is 0 Å². The smallest absolute Gasteiger partial charge is 0.250 e. The fourth-order valence-corrected chi connectivity index (χ4v) is 5.64. The number of hydrogen-bond donors (Lipinski definition) is 3. The van der Waals surface area contributed by atoms with Gasteiger partial charge in [-0.2, -0.15) is 0 Å². The summed E-state index contributed by atoms with van der Waals surface area (Å²) in [5.74, 6) is -3.84. The Balaban J connectivity index is 1.63. The number of amides is 3. The van der Waals surface area contributed by atoms with Crippen LogP contribution < -0.4 is 10.6 Å². The lowest BCUT2D eigenvalue weighted by atomic mass is 9.76. The van der Waals surface area contributed by atoms with Crippen molar-refractivity contribution < 1.29 is 23.9 Å². The predicted molar refractivity (Wildman–Crippen MR) is 114 cm³/mol. The number of rotatable bonds is 3. The molecule has 0 radical (unpaired) electrons. The van der Waals surface area contributed by atoms with Crippen LogP contribution in [0, 0.1) is 24.6 Å². The van der Waals surface area contributed by atoms with Gasteiger partial charge in [-0.25, -0.2) is 4.39 Å². The molecule has 3 aliphatic rings. The molecule has 2 aromatic rings. The zero-order valence-corrected chi connectivity index (χ0v) is 18.1. The van der Waals surface area contributed by atoms with Crippen molar-refractivity contribution in [2.45, 2.75) is 38.1 Å². The number of aliphatic hydroxyl groups is 1. The van der Waals surface area contributed by atoms with Crippen molar-refractivity contribution in [2.24, 2.45) is 11.8 Å². The second kappa shape index (κ2) is 7.10. The van der Waals surface area contributed by atoms with Gasteiger partial charge in [0.05, 0.1) is 24.5 Å². The molecule has 166 valence electrons. The lowest BCUT2D eigenvalue weighted by Crippen LogP contribution is -2.54. The minimum atomic E-state index is -1.53. The molecule has 9 heteroatoms. The van der Waals surface area contributed by atoms with E-state index in [4.69, 9.17) is 11.6 Å². The van der Waals surface area contributed by atoms with E-state index >= 15 is 0 Å². The molecule has 3 N–H and O–H groups in total. The fraction of sp³-hybridized carbons (Fsp3) is 0.348. The number of fused-ring (bicyclic) bond motifs is 4. The van der Waals surface area contributed by atoms with Gasteiger partial charge in [0.1, 0.15) is 11.4 Å². The minimum Gasteiger partial charge on any atom is -0.392 e. The van der Waals surface area contributed by atoms with E-state index < -0.39 is 53.1 Å². The fourth-order valence-electron chi connectivity index (χ4n) is 5.37. The number of aryl methyl sites for hydroxylation is 1. The number of aliphatic hydroxyl groups excluding tert-OH is 1. The highest BCUT2D eigenvalue weighted by Gasteiger charge is 2.71. The topological polar surface area (TPSA) is 98.7 Å². The highest BCUT2D eigenvalue weighted by Crippen LogP contribution is 2.54. The van der Waals surface area contributed by atoms with Crippen LogP contribution in [0.2, 0.25) is 5.02 Å². The summed E-state index contributed by atoms with van der Waals surface area (Å²) in [6.07, 6.45) is -0.999. The van der Waals surface area contributed by atoms with E-state index in [-0.39, 0.29) is 6.54 Å². The van der Waals surface area contributed by atoms with E-state index in [2.05, 4.69) is 10.6 Å². The average molecular weight is 458 g/mol. The quantitative estimate of drug-likeness (QED) is 0.613. The first kappa shape index (κ1) is 21.1. The molecule has 0 unspecified atom stereocenters.